The summed E-state index contributed by atoms with van der Waals surface area (Å²) in [7, 11) is 0. The average molecular weight is 257 g/mol. The second-order valence-electron chi connectivity index (χ2n) is 5.20. The van der Waals surface area contributed by atoms with Crippen LogP contribution in [-0.4, -0.2) is 30.2 Å². The van der Waals surface area contributed by atoms with Gasteiger partial charge < -0.3 is 16.2 Å². The van der Waals surface area contributed by atoms with Crippen LogP contribution in [0.1, 0.15) is 39.5 Å². The normalized spacial score (nSPS) is 29.6. The number of nitrogens with one attached hydrogen (secondary N) is 1. The van der Waals surface area contributed by atoms with Gasteiger partial charge in [0.25, 0.3) is 5.91 Å². The van der Waals surface area contributed by atoms with Crippen molar-refractivity contribution in [3.63, 3.8) is 0 Å². The van der Waals surface area contributed by atoms with Gasteiger partial charge >= 0.3 is 6.03 Å². The largest absolute Gasteiger partial charge is 0.361 e. The first kappa shape index (κ1) is 14.9. The second-order valence-corrected chi connectivity index (χ2v) is 5.20. The molecule has 0 spiro atoms. The fourth-order valence-electron chi connectivity index (χ4n) is 2.60. The lowest BCUT2D eigenvalue weighted by molar-refractivity contribution is -0.150. The van der Waals surface area contributed by atoms with E-state index in [2.05, 4.69) is 6.92 Å². The molecule has 0 heterocycles. The maximum atomic E-state index is 11.6. The Labute approximate surface area is 107 Å². The molecular formula is C12H23N3O3. The number of carbonyl (C=O) groups excluding carboxylic acids is 2. The molecule has 0 aromatic carbocycles. The van der Waals surface area contributed by atoms with Crippen molar-refractivity contribution >= 4 is 11.9 Å². The summed E-state index contributed by atoms with van der Waals surface area (Å²) in [6.45, 7) is 4.14. The summed E-state index contributed by atoms with van der Waals surface area (Å²) in [6, 6.07) is -0.866. The molecule has 18 heavy (non-hydrogen) atoms. The minimum Gasteiger partial charge on any atom is -0.361 e. The number of rotatable bonds is 4. The summed E-state index contributed by atoms with van der Waals surface area (Å²) in [4.78, 5) is 22.2. The summed E-state index contributed by atoms with van der Waals surface area (Å²) in [5, 5.41) is 2.02. The molecule has 5 N–H and O–H groups in total. The molecule has 1 rings (SSSR count). The number of primary amides is 1. The summed E-state index contributed by atoms with van der Waals surface area (Å²) in [6.07, 6.45) is 3.17. The van der Waals surface area contributed by atoms with Gasteiger partial charge in [-0.2, -0.15) is 0 Å². The van der Waals surface area contributed by atoms with Crippen LogP contribution in [0.2, 0.25) is 0 Å². The molecule has 1 aliphatic carbocycles. The van der Waals surface area contributed by atoms with E-state index in [-0.39, 0.29) is 0 Å². The summed E-state index contributed by atoms with van der Waals surface area (Å²) >= 11 is 0. The van der Waals surface area contributed by atoms with E-state index in [1.165, 1.54) is 0 Å². The first-order valence-electron chi connectivity index (χ1n) is 6.37. The molecule has 0 saturated heterocycles. The second kappa shape index (κ2) is 6.15. The lowest BCUT2D eigenvalue weighted by Gasteiger charge is -2.40. The zero-order chi connectivity index (χ0) is 13.8. The van der Waals surface area contributed by atoms with Crippen molar-refractivity contribution in [3.8, 4) is 0 Å². The smallest absolute Gasteiger partial charge is 0.318 e. The third-order valence-electron chi connectivity index (χ3n) is 3.46. The summed E-state index contributed by atoms with van der Waals surface area (Å²) < 4.78 is 5.82. The molecule has 3 unspecified atom stereocenters. The van der Waals surface area contributed by atoms with Crippen LogP contribution < -0.4 is 16.8 Å². The van der Waals surface area contributed by atoms with Gasteiger partial charge in [-0.1, -0.05) is 19.8 Å². The minimum absolute atomic E-state index is 0.380. The average Bonchev–Trinajstić information content (AvgIpc) is 2.28. The highest BCUT2D eigenvalue weighted by molar-refractivity contribution is 5.95. The minimum atomic E-state index is -0.866. The Balaban J connectivity index is 2.61. The Morgan fingerprint density at radius 2 is 2.22 bits per heavy atom. The van der Waals surface area contributed by atoms with E-state index >= 15 is 0 Å². The molecule has 3 atom stereocenters. The predicted octanol–water partition coefficient (Wildman–Crippen LogP) is 0.494. The lowest BCUT2D eigenvalue weighted by Crippen LogP contribution is -2.50. The number of amides is 3. The zero-order valence-corrected chi connectivity index (χ0v) is 11.1. The van der Waals surface area contributed by atoms with Crippen LogP contribution in [0.15, 0.2) is 0 Å². The Morgan fingerprint density at radius 1 is 1.56 bits per heavy atom. The van der Waals surface area contributed by atoms with Crippen molar-refractivity contribution in [2.75, 3.05) is 6.54 Å². The number of nitrogens with two attached hydrogens (primary N) is 2. The van der Waals surface area contributed by atoms with Gasteiger partial charge in [-0.3, -0.25) is 10.1 Å². The van der Waals surface area contributed by atoms with Crippen molar-refractivity contribution in [2.45, 2.75) is 51.2 Å². The van der Waals surface area contributed by atoms with E-state index in [1.54, 1.807) is 6.92 Å². The van der Waals surface area contributed by atoms with E-state index < -0.39 is 23.6 Å². The number of ether oxygens (including phenoxy) is 1. The van der Waals surface area contributed by atoms with Gasteiger partial charge in [0.1, 0.15) is 6.10 Å². The van der Waals surface area contributed by atoms with Crippen LogP contribution in [0.3, 0.4) is 0 Å². The Bertz CT molecular complexity index is 322. The van der Waals surface area contributed by atoms with Crippen molar-refractivity contribution in [3.05, 3.63) is 0 Å². The van der Waals surface area contributed by atoms with Crippen LogP contribution in [0.4, 0.5) is 4.79 Å². The SMILES string of the molecule is CC1CCCC(CN)(OC(C)C(=O)NC(N)=O)C1. The van der Waals surface area contributed by atoms with E-state index in [9.17, 15) is 9.59 Å². The third kappa shape index (κ3) is 3.96. The van der Waals surface area contributed by atoms with Gasteiger partial charge in [-0.15, -0.1) is 0 Å². The molecule has 6 nitrogen and oxygen atoms in total. The summed E-state index contributed by atoms with van der Waals surface area (Å²) in [5.74, 6) is 0.0160. The fourth-order valence-corrected chi connectivity index (χ4v) is 2.60. The predicted molar refractivity (Wildman–Crippen MR) is 67.7 cm³/mol. The Morgan fingerprint density at radius 3 is 2.72 bits per heavy atom. The molecule has 3 amide bonds. The molecule has 0 radical (unpaired) electrons. The van der Waals surface area contributed by atoms with Crippen molar-refractivity contribution < 1.29 is 14.3 Å². The van der Waals surface area contributed by atoms with Gasteiger partial charge in [-0.05, 0) is 25.7 Å². The molecule has 0 aliphatic heterocycles. The van der Waals surface area contributed by atoms with Crippen LogP contribution in [-0.2, 0) is 9.53 Å². The number of urea groups is 1. The highest BCUT2D eigenvalue weighted by Gasteiger charge is 2.37. The highest BCUT2D eigenvalue weighted by Crippen LogP contribution is 2.35. The molecule has 0 aromatic rings. The molecule has 1 fully saturated rings. The number of imide groups is 1. The number of carbonyl (C=O) groups is 2. The van der Waals surface area contributed by atoms with Gasteiger partial charge in [0.05, 0.1) is 5.60 Å². The number of hydrogen-bond donors (Lipinski definition) is 3. The maximum absolute atomic E-state index is 11.6. The van der Waals surface area contributed by atoms with E-state index in [0.29, 0.717) is 12.5 Å². The van der Waals surface area contributed by atoms with Gasteiger partial charge in [0, 0.05) is 6.54 Å². The Kier molecular flexibility index (Phi) is 5.10. The molecule has 1 aliphatic rings. The molecule has 0 bridgehead atoms. The Hall–Kier alpha value is -1.14. The first-order chi connectivity index (χ1) is 8.38. The molecule has 0 aromatic heterocycles. The fraction of sp³-hybridized carbons (Fsp3) is 0.833. The van der Waals surface area contributed by atoms with Crippen LogP contribution in [0.25, 0.3) is 0 Å². The molecule has 6 heteroatoms. The molecule has 1 saturated carbocycles. The third-order valence-corrected chi connectivity index (χ3v) is 3.46. The van der Waals surface area contributed by atoms with E-state index in [0.717, 1.165) is 25.7 Å². The van der Waals surface area contributed by atoms with E-state index in [4.69, 9.17) is 16.2 Å². The lowest BCUT2D eigenvalue weighted by atomic mass is 9.78. The van der Waals surface area contributed by atoms with Gasteiger partial charge in [-0.25, -0.2) is 4.79 Å². The van der Waals surface area contributed by atoms with Crippen molar-refractivity contribution in [1.82, 2.24) is 5.32 Å². The molecular weight excluding hydrogens is 234 g/mol. The van der Waals surface area contributed by atoms with Gasteiger partial charge in [0.2, 0.25) is 0 Å². The van der Waals surface area contributed by atoms with Crippen LogP contribution in [0, 0.1) is 5.92 Å². The summed E-state index contributed by atoms with van der Waals surface area (Å²) in [5.41, 5.74) is 10.3. The number of hydrogen-bond acceptors (Lipinski definition) is 4. The van der Waals surface area contributed by atoms with Gasteiger partial charge in [0.15, 0.2) is 0 Å². The van der Waals surface area contributed by atoms with Crippen molar-refractivity contribution in [2.24, 2.45) is 17.4 Å². The topological polar surface area (TPSA) is 107 Å². The zero-order valence-electron chi connectivity index (χ0n) is 11.1. The maximum Gasteiger partial charge on any atom is 0.318 e. The quantitative estimate of drug-likeness (QED) is 0.681. The standard InChI is InChI=1S/C12H23N3O3/c1-8-4-3-5-12(6-8,7-13)18-9(2)10(16)15-11(14)17/h8-9H,3-7,13H2,1-2H3,(H3,14,15,16,17). The highest BCUT2D eigenvalue weighted by atomic mass is 16.5. The first-order valence-corrected chi connectivity index (χ1v) is 6.37. The van der Waals surface area contributed by atoms with Crippen LogP contribution in [0.5, 0.6) is 0 Å². The van der Waals surface area contributed by atoms with Crippen molar-refractivity contribution in [1.29, 1.82) is 0 Å². The molecule has 104 valence electrons. The van der Waals surface area contributed by atoms with Crippen LogP contribution >= 0.6 is 0 Å². The van der Waals surface area contributed by atoms with E-state index in [1.807, 2.05) is 5.32 Å². The monoisotopic (exact) mass is 257 g/mol.